The van der Waals surface area contributed by atoms with E-state index in [-0.39, 0.29) is 6.03 Å². The summed E-state index contributed by atoms with van der Waals surface area (Å²) in [5, 5.41) is 7.36. The number of para-hydroxylation sites is 2. The molecule has 2 amide bonds. The van der Waals surface area contributed by atoms with Crippen LogP contribution in [0.4, 0.5) is 10.5 Å². The molecule has 2 N–H and O–H groups in total. The maximum atomic E-state index is 12.3. The van der Waals surface area contributed by atoms with Gasteiger partial charge in [0.05, 0.1) is 11.0 Å². The van der Waals surface area contributed by atoms with Crippen LogP contribution in [0.25, 0.3) is 11.0 Å². The Labute approximate surface area is 172 Å². The fourth-order valence-electron chi connectivity index (χ4n) is 2.99. The summed E-state index contributed by atoms with van der Waals surface area (Å²) in [5.41, 5.74) is 2.71. The maximum Gasteiger partial charge on any atom is 0.319 e. The van der Waals surface area contributed by atoms with Crippen LogP contribution in [0.15, 0.2) is 77.0 Å². The number of nitrogens with one attached hydrogen (secondary N) is 2. The summed E-state index contributed by atoms with van der Waals surface area (Å²) >= 11 is 1.44. The van der Waals surface area contributed by atoms with E-state index in [1.54, 1.807) is 18.5 Å². The molecule has 0 bridgehead atoms. The fraction of sp³-hybridized carbons (Fsp3) is 0.143. The lowest BCUT2D eigenvalue weighted by molar-refractivity contribution is 0.251. The number of carbonyl (C=O) groups excluding carboxylic acids is 1. The number of pyridine rings is 2. The molecule has 0 aliphatic heterocycles. The van der Waals surface area contributed by atoms with Gasteiger partial charge in [0.15, 0.2) is 0 Å². The Morgan fingerprint density at radius 2 is 1.86 bits per heavy atom. The van der Waals surface area contributed by atoms with Gasteiger partial charge < -0.3 is 15.2 Å². The fourth-order valence-corrected chi connectivity index (χ4v) is 3.77. The SMILES string of the molecule is Cc1nc2ccccc2n1CCNC(=O)Nc1ccnc(Sc2ccccn2)c1. The zero-order valence-corrected chi connectivity index (χ0v) is 16.7. The molecule has 4 aromatic rings. The normalized spacial score (nSPS) is 10.8. The van der Waals surface area contributed by atoms with Crippen LogP contribution in [0, 0.1) is 6.92 Å². The Kier molecular flexibility index (Phi) is 5.71. The van der Waals surface area contributed by atoms with Gasteiger partial charge in [-0.2, -0.15) is 0 Å². The van der Waals surface area contributed by atoms with Crippen LogP contribution < -0.4 is 10.6 Å². The second kappa shape index (κ2) is 8.74. The molecule has 0 unspecified atom stereocenters. The van der Waals surface area contributed by atoms with Gasteiger partial charge in [-0.05, 0) is 43.3 Å². The number of hydrogen-bond donors (Lipinski definition) is 2. The molecular weight excluding hydrogens is 384 g/mol. The van der Waals surface area contributed by atoms with Crippen LogP contribution in [-0.4, -0.2) is 32.1 Å². The van der Waals surface area contributed by atoms with E-state index < -0.39 is 0 Å². The van der Waals surface area contributed by atoms with Crippen LogP contribution in [0.3, 0.4) is 0 Å². The average molecular weight is 404 g/mol. The summed E-state index contributed by atoms with van der Waals surface area (Å²) in [7, 11) is 0. The van der Waals surface area contributed by atoms with Crippen LogP contribution in [0.5, 0.6) is 0 Å². The summed E-state index contributed by atoms with van der Waals surface area (Å²) in [6, 6.07) is 17.0. The number of carbonyl (C=O) groups is 1. The number of rotatable bonds is 6. The molecule has 0 fully saturated rings. The van der Waals surface area contributed by atoms with E-state index in [9.17, 15) is 4.79 Å². The molecule has 29 heavy (non-hydrogen) atoms. The zero-order chi connectivity index (χ0) is 20.1. The van der Waals surface area contributed by atoms with Crippen LogP contribution in [-0.2, 0) is 6.54 Å². The largest absolute Gasteiger partial charge is 0.336 e. The van der Waals surface area contributed by atoms with Gasteiger partial charge in [-0.1, -0.05) is 30.0 Å². The Bertz CT molecular complexity index is 1130. The Hall–Kier alpha value is -3.39. The number of amides is 2. The van der Waals surface area contributed by atoms with Crippen LogP contribution in [0.1, 0.15) is 5.82 Å². The molecule has 0 saturated carbocycles. The zero-order valence-electron chi connectivity index (χ0n) is 15.9. The van der Waals surface area contributed by atoms with Gasteiger partial charge in [0.25, 0.3) is 0 Å². The van der Waals surface area contributed by atoms with Crippen LogP contribution in [0.2, 0.25) is 0 Å². The van der Waals surface area contributed by atoms with Crippen molar-refractivity contribution in [3.63, 3.8) is 0 Å². The highest BCUT2D eigenvalue weighted by atomic mass is 32.2. The third kappa shape index (κ3) is 4.72. The molecule has 1 aromatic carbocycles. The van der Waals surface area contributed by atoms with E-state index in [1.807, 2.05) is 55.5 Å². The van der Waals surface area contributed by atoms with E-state index in [4.69, 9.17) is 0 Å². The van der Waals surface area contributed by atoms with Gasteiger partial charge in [0, 0.05) is 31.2 Å². The number of aryl methyl sites for hydroxylation is 1. The summed E-state index contributed by atoms with van der Waals surface area (Å²) in [5.74, 6) is 0.929. The molecule has 0 aliphatic carbocycles. The van der Waals surface area contributed by atoms with Gasteiger partial charge in [0.2, 0.25) is 0 Å². The molecule has 146 valence electrons. The highest BCUT2D eigenvalue weighted by Gasteiger charge is 2.08. The minimum Gasteiger partial charge on any atom is -0.336 e. The Morgan fingerprint density at radius 1 is 1.03 bits per heavy atom. The quantitative estimate of drug-likeness (QED) is 0.505. The lowest BCUT2D eigenvalue weighted by Crippen LogP contribution is -2.31. The van der Waals surface area contributed by atoms with Gasteiger partial charge in [-0.25, -0.2) is 19.7 Å². The van der Waals surface area contributed by atoms with Crippen molar-refractivity contribution in [3.05, 3.63) is 72.8 Å². The lowest BCUT2D eigenvalue weighted by atomic mass is 10.3. The molecule has 8 heteroatoms. The number of anilines is 1. The standard InChI is InChI=1S/C21H20N6OS/c1-15-25-17-6-2-3-7-18(17)27(15)13-12-24-21(28)26-16-9-11-23-20(14-16)29-19-8-4-5-10-22-19/h2-11,14H,12-13H2,1H3,(H2,23,24,26,28). The smallest absolute Gasteiger partial charge is 0.319 e. The number of imidazole rings is 1. The van der Waals surface area contributed by atoms with Crippen molar-refractivity contribution >= 4 is 34.5 Å². The number of urea groups is 1. The first-order valence-electron chi connectivity index (χ1n) is 9.21. The summed E-state index contributed by atoms with van der Waals surface area (Å²) in [6.07, 6.45) is 3.41. The third-order valence-corrected chi connectivity index (χ3v) is 5.19. The number of benzene rings is 1. The number of aromatic nitrogens is 4. The molecule has 4 rings (SSSR count). The first-order chi connectivity index (χ1) is 14.2. The molecule has 0 spiro atoms. The number of fused-ring (bicyclic) bond motifs is 1. The Balaban J connectivity index is 1.33. The average Bonchev–Trinajstić information content (AvgIpc) is 3.04. The predicted molar refractivity (Wildman–Crippen MR) is 114 cm³/mol. The van der Waals surface area contributed by atoms with E-state index in [1.165, 1.54) is 11.8 Å². The second-order valence-corrected chi connectivity index (χ2v) is 7.37. The van der Waals surface area contributed by atoms with E-state index in [2.05, 4.69) is 30.2 Å². The third-order valence-electron chi connectivity index (χ3n) is 4.31. The van der Waals surface area contributed by atoms with Crippen molar-refractivity contribution in [1.29, 1.82) is 0 Å². The minimum atomic E-state index is -0.257. The maximum absolute atomic E-state index is 12.3. The summed E-state index contributed by atoms with van der Waals surface area (Å²) in [4.78, 5) is 25.4. The van der Waals surface area contributed by atoms with Crippen molar-refractivity contribution in [3.8, 4) is 0 Å². The topological polar surface area (TPSA) is 84.7 Å². The highest BCUT2D eigenvalue weighted by molar-refractivity contribution is 7.99. The number of hydrogen-bond acceptors (Lipinski definition) is 5. The molecule has 3 heterocycles. The summed E-state index contributed by atoms with van der Waals surface area (Å²) < 4.78 is 2.10. The first-order valence-corrected chi connectivity index (χ1v) is 10.0. The van der Waals surface area contributed by atoms with Crippen molar-refractivity contribution < 1.29 is 4.79 Å². The molecule has 0 atom stereocenters. The Morgan fingerprint density at radius 3 is 2.72 bits per heavy atom. The second-order valence-electron chi connectivity index (χ2n) is 6.33. The van der Waals surface area contributed by atoms with Gasteiger partial charge in [-0.3, -0.25) is 0 Å². The lowest BCUT2D eigenvalue weighted by Gasteiger charge is -2.10. The monoisotopic (exact) mass is 404 g/mol. The van der Waals surface area contributed by atoms with Crippen LogP contribution >= 0.6 is 11.8 Å². The highest BCUT2D eigenvalue weighted by Crippen LogP contribution is 2.25. The number of nitrogens with zero attached hydrogens (tertiary/aromatic N) is 4. The molecular formula is C21H20N6OS. The molecule has 3 aromatic heterocycles. The molecule has 0 radical (unpaired) electrons. The van der Waals surface area contributed by atoms with Crippen molar-refractivity contribution in [2.24, 2.45) is 0 Å². The molecule has 7 nitrogen and oxygen atoms in total. The van der Waals surface area contributed by atoms with E-state index in [0.29, 0.717) is 18.8 Å². The van der Waals surface area contributed by atoms with E-state index >= 15 is 0 Å². The predicted octanol–water partition coefficient (Wildman–Crippen LogP) is 4.11. The van der Waals surface area contributed by atoms with Gasteiger partial charge >= 0.3 is 6.03 Å². The van der Waals surface area contributed by atoms with E-state index in [0.717, 1.165) is 26.9 Å². The molecule has 0 saturated heterocycles. The summed E-state index contributed by atoms with van der Waals surface area (Å²) in [6.45, 7) is 3.11. The minimum absolute atomic E-state index is 0.257. The van der Waals surface area contributed by atoms with Gasteiger partial charge in [0.1, 0.15) is 15.9 Å². The molecule has 0 aliphatic rings. The van der Waals surface area contributed by atoms with Crippen molar-refractivity contribution in [2.75, 3.05) is 11.9 Å². The van der Waals surface area contributed by atoms with Crippen molar-refractivity contribution in [1.82, 2.24) is 24.8 Å². The first kappa shape index (κ1) is 18.9. The van der Waals surface area contributed by atoms with Gasteiger partial charge in [-0.15, -0.1) is 0 Å². The van der Waals surface area contributed by atoms with Crippen molar-refractivity contribution in [2.45, 2.75) is 23.5 Å².